The molecule has 286 valence electrons. The Labute approximate surface area is 310 Å². The summed E-state index contributed by atoms with van der Waals surface area (Å²) in [4.78, 5) is 38.3. The van der Waals surface area contributed by atoms with E-state index in [4.69, 9.17) is 23.7 Å². The zero-order valence-electron chi connectivity index (χ0n) is 31.2. The van der Waals surface area contributed by atoms with Gasteiger partial charge in [-0.05, 0) is 61.1 Å². The van der Waals surface area contributed by atoms with Crippen LogP contribution in [-0.4, -0.2) is 81.7 Å². The fourth-order valence-corrected chi connectivity index (χ4v) is 8.19. The first-order valence-corrected chi connectivity index (χ1v) is 18.6. The average molecular weight is 734 g/mol. The SMILES string of the molecule is CC[C@H](C)[C@H]1O[C@]2(C=C[C@@H]1C)C[C@@H]1C[C@@H](C/C=C(\C)[C@@H](O)[C@@H](C)/C=C/C=C3\CO[C@@H]4[C@H](OC(=O)c5ccc([N+](=O)[O-])cc5)C(C)=C[C@@H](C(=O)O1)[C@]34O)O2. The molecule has 2 saturated heterocycles. The van der Waals surface area contributed by atoms with Crippen LogP contribution in [0.2, 0.25) is 0 Å². The number of fused-ring (bicyclic) bond motifs is 2. The molecule has 0 unspecified atom stereocenters. The van der Waals surface area contributed by atoms with Crippen LogP contribution in [0.15, 0.2) is 83.5 Å². The Hall–Kier alpha value is -3.94. The number of nitro groups is 1. The fraction of sp³-hybridized carbons (Fsp3) is 0.561. The number of esters is 2. The highest BCUT2D eigenvalue weighted by molar-refractivity contribution is 5.90. The molecule has 4 heterocycles. The van der Waals surface area contributed by atoms with Crippen molar-refractivity contribution in [2.24, 2.45) is 23.7 Å². The maximum atomic E-state index is 14.4. The van der Waals surface area contributed by atoms with Crippen molar-refractivity contribution in [1.29, 1.82) is 0 Å². The quantitative estimate of drug-likeness (QED) is 0.156. The maximum absolute atomic E-state index is 14.4. The van der Waals surface area contributed by atoms with Crippen molar-refractivity contribution >= 4 is 17.6 Å². The summed E-state index contributed by atoms with van der Waals surface area (Å²) in [5, 5.41) is 35.0. The van der Waals surface area contributed by atoms with Gasteiger partial charge < -0.3 is 33.9 Å². The Morgan fingerprint density at radius 1 is 1.09 bits per heavy atom. The first kappa shape index (κ1) is 38.8. The molecule has 1 aromatic carbocycles. The number of rotatable bonds is 5. The molecule has 53 heavy (non-hydrogen) atoms. The summed E-state index contributed by atoms with van der Waals surface area (Å²) >= 11 is 0. The lowest BCUT2D eigenvalue weighted by Crippen LogP contribution is -2.59. The summed E-state index contributed by atoms with van der Waals surface area (Å²) in [5.74, 6) is -3.65. The van der Waals surface area contributed by atoms with E-state index in [1.54, 1.807) is 25.2 Å². The predicted molar refractivity (Wildman–Crippen MR) is 194 cm³/mol. The van der Waals surface area contributed by atoms with Gasteiger partial charge in [-0.15, -0.1) is 0 Å². The van der Waals surface area contributed by atoms with Gasteiger partial charge in [0.15, 0.2) is 11.9 Å². The van der Waals surface area contributed by atoms with E-state index in [1.807, 2.05) is 32.1 Å². The summed E-state index contributed by atoms with van der Waals surface area (Å²) in [5.41, 5.74) is -0.423. The number of benzene rings is 1. The van der Waals surface area contributed by atoms with Gasteiger partial charge in [0.05, 0.1) is 35.4 Å². The summed E-state index contributed by atoms with van der Waals surface area (Å²) in [6.07, 6.45) is 10.6. The van der Waals surface area contributed by atoms with Gasteiger partial charge in [0.2, 0.25) is 0 Å². The lowest BCUT2D eigenvalue weighted by atomic mass is 9.70. The van der Waals surface area contributed by atoms with E-state index >= 15 is 0 Å². The van der Waals surface area contributed by atoms with Gasteiger partial charge in [-0.25, -0.2) is 4.79 Å². The van der Waals surface area contributed by atoms with E-state index in [9.17, 15) is 29.9 Å². The van der Waals surface area contributed by atoms with Gasteiger partial charge in [-0.1, -0.05) is 70.6 Å². The van der Waals surface area contributed by atoms with Crippen LogP contribution in [0.25, 0.3) is 0 Å². The highest BCUT2D eigenvalue weighted by Crippen LogP contribution is 2.48. The molecule has 0 aromatic heterocycles. The smallest absolute Gasteiger partial charge is 0.338 e. The first-order valence-electron chi connectivity index (χ1n) is 18.6. The molecule has 0 radical (unpaired) electrons. The summed E-state index contributed by atoms with van der Waals surface area (Å²) in [6.45, 7) is 11.8. The minimum atomic E-state index is -1.96. The summed E-state index contributed by atoms with van der Waals surface area (Å²) in [7, 11) is 0. The van der Waals surface area contributed by atoms with E-state index in [2.05, 4.69) is 26.8 Å². The Kier molecular flexibility index (Phi) is 11.3. The van der Waals surface area contributed by atoms with Crippen molar-refractivity contribution < 1.29 is 48.4 Å². The summed E-state index contributed by atoms with van der Waals surface area (Å²) in [6, 6.07) is 5.01. The van der Waals surface area contributed by atoms with E-state index in [0.29, 0.717) is 24.0 Å². The minimum Gasteiger partial charge on any atom is -0.462 e. The van der Waals surface area contributed by atoms with Gasteiger partial charge in [0.25, 0.3) is 5.69 Å². The largest absolute Gasteiger partial charge is 0.462 e. The van der Waals surface area contributed by atoms with Crippen molar-refractivity contribution in [2.45, 2.75) is 115 Å². The van der Waals surface area contributed by atoms with E-state index in [0.717, 1.165) is 12.0 Å². The maximum Gasteiger partial charge on any atom is 0.338 e. The standard InChI is InChI=1S/C41H51NO11/c1-7-23(2)35-26(5)17-18-40(53-35)21-32-20-31(52-40)16-11-25(4)34(43)24(3)9-8-10-29-22-49-37-36(27(6)19-33(39(45)50-32)41(29,37)46)51-38(44)28-12-14-30(15-13-28)42(47)48/h8-15,17-19,23-24,26,31-37,43,46H,7,16,20-22H2,1-6H3/b9-8+,25-11+,29-10+/t23-,24-,26-,31+,32-,33-,34-,35+,36+,37+,40+,41+/m0/s1. The molecule has 0 amide bonds. The van der Waals surface area contributed by atoms with Crippen molar-refractivity contribution in [3.05, 3.63) is 99.2 Å². The minimum absolute atomic E-state index is 0.0614. The Morgan fingerprint density at radius 2 is 1.83 bits per heavy atom. The Morgan fingerprint density at radius 3 is 2.53 bits per heavy atom. The molecule has 6 rings (SSSR count). The number of aliphatic hydroxyl groups excluding tert-OH is 1. The highest BCUT2D eigenvalue weighted by atomic mass is 16.7. The third-order valence-corrected chi connectivity index (χ3v) is 11.6. The van der Waals surface area contributed by atoms with Gasteiger partial charge >= 0.3 is 11.9 Å². The average Bonchev–Trinajstić information content (AvgIpc) is 3.47. The number of aliphatic hydroxyl groups is 2. The first-order chi connectivity index (χ1) is 25.2. The topological polar surface area (TPSA) is 164 Å². The molecule has 2 N–H and O–H groups in total. The van der Waals surface area contributed by atoms with Gasteiger partial charge in [-0.2, -0.15) is 0 Å². The van der Waals surface area contributed by atoms with Crippen molar-refractivity contribution in [3.8, 4) is 0 Å². The number of nitro benzene ring substituents is 1. The molecule has 12 atom stereocenters. The fourth-order valence-electron chi connectivity index (χ4n) is 8.19. The number of nitrogens with zero attached hydrogens (tertiary/aromatic N) is 1. The Balaban J connectivity index is 1.36. The number of carbonyl (C=O) groups excluding carboxylic acids is 2. The molecule has 1 aliphatic carbocycles. The van der Waals surface area contributed by atoms with E-state index in [-0.39, 0.29) is 48.1 Å². The van der Waals surface area contributed by atoms with Crippen molar-refractivity contribution in [1.82, 2.24) is 0 Å². The monoisotopic (exact) mass is 733 g/mol. The molecular formula is C41H51NO11. The zero-order valence-corrected chi connectivity index (χ0v) is 31.2. The van der Waals surface area contributed by atoms with Crippen LogP contribution < -0.4 is 0 Å². The predicted octanol–water partition coefficient (Wildman–Crippen LogP) is 6.08. The lowest BCUT2D eigenvalue weighted by molar-refractivity contribution is -0.384. The van der Waals surface area contributed by atoms with Crippen LogP contribution in [0, 0.1) is 33.8 Å². The zero-order chi connectivity index (χ0) is 38.2. The Bertz CT molecular complexity index is 1730. The van der Waals surface area contributed by atoms with Crippen LogP contribution in [0.1, 0.15) is 77.6 Å². The van der Waals surface area contributed by atoms with Gasteiger partial charge in [-0.3, -0.25) is 14.9 Å². The lowest BCUT2D eigenvalue weighted by Gasteiger charge is -2.48. The third-order valence-electron chi connectivity index (χ3n) is 11.6. The molecule has 0 saturated carbocycles. The van der Waals surface area contributed by atoms with Crippen LogP contribution in [0.5, 0.6) is 0 Å². The molecule has 1 aromatic rings. The summed E-state index contributed by atoms with van der Waals surface area (Å²) < 4.78 is 31.8. The third kappa shape index (κ3) is 7.70. The number of hydrogen-bond acceptors (Lipinski definition) is 11. The number of carbonyl (C=O) groups is 2. The van der Waals surface area contributed by atoms with Crippen molar-refractivity contribution in [2.75, 3.05) is 6.61 Å². The second-order valence-corrected chi connectivity index (χ2v) is 15.4. The van der Waals surface area contributed by atoms with Crippen LogP contribution in [0.3, 0.4) is 0 Å². The molecule has 4 aliphatic heterocycles. The molecule has 1 spiro atoms. The van der Waals surface area contributed by atoms with E-state index < -0.39 is 64.7 Å². The molecule has 12 heteroatoms. The second-order valence-electron chi connectivity index (χ2n) is 15.4. The van der Waals surface area contributed by atoms with Crippen LogP contribution in [-0.2, 0) is 28.5 Å². The highest BCUT2D eigenvalue weighted by Gasteiger charge is 2.61. The number of ether oxygens (including phenoxy) is 5. The van der Waals surface area contributed by atoms with Gasteiger partial charge in [0.1, 0.15) is 23.7 Å². The molecule has 2 bridgehead atoms. The number of non-ortho nitro benzene ring substituents is 1. The molecule has 2 fully saturated rings. The normalized spacial score (nSPS) is 40.4. The number of allylic oxidation sites excluding steroid dienone is 2. The van der Waals surface area contributed by atoms with E-state index in [1.165, 1.54) is 24.3 Å². The number of hydrogen-bond donors (Lipinski definition) is 2. The molecule has 12 nitrogen and oxygen atoms in total. The van der Waals surface area contributed by atoms with Crippen LogP contribution in [0.4, 0.5) is 5.69 Å². The molecule has 5 aliphatic rings. The van der Waals surface area contributed by atoms with Crippen molar-refractivity contribution in [3.63, 3.8) is 0 Å². The van der Waals surface area contributed by atoms with Gasteiger partial charge in [0, 0.05) is 36.8 Å². The van der Waals surface area contributed by atoms with Crippen LogP contribution >= 0.6 is 0 Å². The molecular weight excluding hydrogens is 682 g/mol. The second kappa shape index (κ2) is 15.4.